The number of carbonyl (C=O) groups is 2. The summed E-state index contributed by atoms with van der Waals surface area (Å²) in [5.41, 5.74) is 5.09. The van der Waals surface area contributed by atoms with Crippen LogP contribution in [-0.2, 0) is 4.79 Å². The first-order chi connectivity index (χ1) is 13.9. The number of nitrogens with zero attached hydrogens (tertiary/aromatic N) is 1. The fourth-order valence-electron chi connectivity index (χ4n) is 3.42. The summed E-state index contributed by atoms with van der Waals surface area (Å²) in [5, 5.41) is 6.95. The number of benzene rings is 2. The quantitative estimate of drug-likeness (QED) is 0.667. The van der Waals surface area contributed by atoms with E-state index in [1.54, 1.807) is 0 Å². The molecule has 2 amide bonds. The topological polar surface area (TPSA) is 71.1 Å². The normalized spacial score (nSPS) is 14.4. The van der Waals surface area contributed by atoms with Crippen molar-refractivity contribution in [3.8, 4) is 0 Å². The largest absolute Gasteiger partial charge is 0.345 e. The molecule has 29 heavy (non-hydrogen) atoms. The molecular weight excluding hydrogens is 362 g/mol. The van der Waals surface area contributed by atoms with Crippen molar-refractivity contribution in [3.63, 3.8) is 0 Å². The second-order valence-electron chi connectivity index (χ2n) is 7.90. The van der Waals surface area contributed by atoms with E-state index in [0.717, 1.165) is 40.6 Å². The highest BCUT2D eigenvalue weighted by atomic mass is 16.2. The Bertz CT molecular complexity index is 1090. The number of carbonyl (C=O) groups excluding carboxylic acids is 2. The predicted octanol–water partition coefficient (Wildman–Crippen LogP) is 4.69. The minimum atomic E-state index is -0.164. The van der Waals surface area contributed by atoms with Crippen molar-refractivity contribution in [1.82, 2.24) is 10.3 Å². The molecular formula is C24H25N3O2. The highest BCUT2D eigenvalue weighted by molar-refractivity contribution is 5.99. The number of amides is 2. The van der Waals surface area contributed by atoms with Gasteiger partial charge in [0.15, 0.2) is 0 Å². The van der Waals surface area contributed by atoms with Gasteiger partial charge in [-0.3, -0.25) is 14.6 Å². The van der Waals surface area contributed by atoms with Gasteiger partial charge in [-0.2, -0.15) is 0 Å². The number of pyridine rings is 1. The summed E-state index contributed by atoms with van der Waals surface area (Å²) in [6.45, 7) is 5.83. The Kier molecular flexibility index (Phi) is 5.05. The van der Waals surface area contributed by atoms with Gasteiger partial charge < -0.3 is 10.6 Å². The van der Waals surface area contributed by atoms with E-state index >= 15 is 0 Å². The first kappa shape index (κ1) is 19.1. The van der Waals surface area contributed by atoms with Gasteiger partial charge in [0.1, 0.15) is 0 Å². The standard InChI is InChI=1S/C24H25N3O2/c1-14-4-11-22-19(12-14)13-21(16(3)25-22)24(29)26-15(2)17-7-9-20(10-8-17)27-23(28)18-5-6-18/h4,7-13,15,18H,5-6H2,1-3H3,(H,26,29)(H,27,28). The maximum atomic E-state index is 12.9. The van der Waals surface area contributed by atoms with E-state index in [9.17, 15) is 9.59 Å². The highest BCUT2D eigenvalue weighted by Crippen LogP contribution is 2.30. The molecule has 148 valence electrons. The minimum Gasteiger partial charge on any atom is -0.345 e. The van der Waals surface area contributed by atoms with Crippen LogP contribution in [0.3, 0.4) is 0 Å². The molecule has 2 N–H and O–H groups in total. The summed E-state index contributed by atoms with van der Waals surface area (Å²) in [6, 6.07) is 15.4. The first-order valence-corrected chi connectivity index (χ1v) is 10.0. The van der Waals surface area contributed by atoms with Gasteiger partial charge in [-0.1, -0.05) is 23.8 Å². The molecule has 1 atom stereocenters. The molecule has 1 saturated carbocycles. The van der Waals surface area contributed by atoms with Crippen LogP contribution in [0.1, 0.15) is 53.0 Å². The molecule has 0 radical (unpaired) electrons. The number of rotatable bonds is 5. The molecule has 1 unspecified atom stereocenters. The monoisotopic (exact) mass is 387 g/mol. The van der Waals surface area contributed by atoms with Gasteiger partial charge in [-0.05, 0) is 69.5 Å². The molecule has 0 aliphatic heterocycles. The fraction of sp³-hybridized carbons (Fsp3) is 0.292. The van der Waals surface area contributed by atoms with Crippen molar-refractivity contribution in [2.75, 3.05) is 5.32 Å². The predicted molar refractivity (Wildman–Crippen MR) is 115 cm³/mol. The third-order valence-electron chi connectivity index (χ3n) is 5.38. The maximum Gasteiger partial charge on any atom is 0.253 e. The molecule has 0 spiro atoms. The Hall–Kier alpha value is -3.21. The molecule has 0 bridgehead atoms. The van der Waals surface area contributed by atoms with Crippen LogP contribution >= 0.6 is 0 Å². The maximum absolute atomic E-state index is 12.9. The Balaban J connectivity index is 1.47. The number of nitrogens with one attached hydrogen (secondary N) is 2. The molecule has 5 heteroatoms. The summed E-state index contributed by atoms with van der Waals surface area (Å²) in [4.78, 5) is 29.3. The molecule has 4 rings (SSSR count). The van der Waals surface area contributed by atoms with Crippen molar-refractivity contribution >= 4 is 28.4 Å². The van der Waals surface area contributed by atoms with E-state index in [2.05, 4.69) is 15.6 Å². The third kappa shape index (κ3) is 4.29. The summed E-state index contributed by atoms with van der Waals surface area (Å²) < 4.78 is 0. The molecule has 1 aromatic heterocycles. The van der Waals surface area contributed by atoms with Gasteiger partial charge in [-0.25, -0.2) is 0 Å². The zero-order valence-corrected chi connectivity index (χ0v) is 17.0. The van der Waals surface area contributed by atoms with Crippen LogP contribution in [0.5, 0.6) is 0 Å². The van der Waals surface area contributed by atoms with Gasteiger partial charge >= 0.3 is 0 Å². The number of hydrogen-bond donors (Lipinski definition) is 2. The molecule has 1 aliphatic carbocycles. The average molecular weight is 387 g/mol. The number of aromatic nitrogens is 1. The van der Waals surface area contributed by atoms with Crippen molar-refractivity contribution < 1.29 is 9.59 Å². The molecule has 1 heterocycles. The highest BCUT2D eigenvalue weighted by Gasteiger charge is 2.29. The van der Waals surface area contributed by atoms with Gasteiger partial charge in [0.25, 0.3) is 5.91 Å². The number of anilines is 1. The lowest BCUT2D eigenvalue weighted by molar-refractivity contribution is -0.117. The van der Waals surface area contributed by atoms with Crippen LogP contribution in [-0.4, -0.2) is 16.8 Å². The number of aryl methyl sites for hydroxylation is 2. The minimum absolute atomic E-state index is 0.0913. The van der Waals surface area contributed by atoms with Crippen molar-refractivity contribution in [1.29, 1.82) is 0 Å². The summed E-state index contributed by atoms with van der Waals surface area (Å²) >= 11 is 0. The summed E-state index contributed by atoms with van der Waals surface area (Å²) in [7, 11) is 0. The van der Waals surface area contributed by atoms with E-state index < -0.39 is 0 Å². The van der Waals surface area contributed by atoms with Crippen LogP contribution in [0.4, 0.5) is 5.69 Å². The van der Waals surface area contributed by atoms with Crippen LogP contribution in [0.15, 0.2) is 48.5 Å². The van der Waals surface area contributed by atoms with E-state index in [1.165, 1.54) is 0 Å². The van der Waals surface area contributed by atoms with E-state index in [4.69, 9.17) is 0 Å². The van der Waals surface area contributed by atoms with Gasteiger partial charge in [-0.15, -0.1) is 0 Å². The lowest BCUT2D eigenvalue weighted by Gasteiger charge is -2.16. The lowest BCUT2D eigenvalue weighted by Crippen LogP contribution is -2.27. The Morgan fingerprint density at radius 2 is 1.76 bits per heavy atom. The SMILES string of the molecule is Cc1ccc2nc(C)c(C(=O)NC(C)c3ccc(NC(=O)C4CC4)cc3)cc2c1. The van der Waals surface area contributed by atoms with Crippen LogP contribution in [0, 0.1) is 19.8 Å². The summed E-state index contributed by atoms with van der Waals surface area (Å²) in [5.74, 6) is 0.126. The molecule has 1 aliphatic rings. The number of fused-ring (bicyclic) bond motifs is 1. The number of hydrogen-bond acceptors (Lipinski definition) is 3. The molecule has 3 aromatic rings. The second kappa shape index (κ2) is 7.66. The fourth-order valence-corrected chi connectivity index (χ4v) is 3.42. The zero-order chi connectivity index (χ0) is 20.5. The third-order valence-corrected chi connectivity index (χ3v) is 5.38. The Morgan fingerprint density at radius 1 is 1.03 bits per heavy atom. The Morgan fingerprint density at radius 3 is 2.45 bits per heavy atom. The van der Waals surface area contributed by atoms with Crippen LogP contribution in [0.25, 0.3) is 10.9 Å². The molecule has 2 aromatic carbocycles. The second-order valence-corrected chi connectivity index (χ2v) is 7.90. The smallest absolute Gasteiger partial charge is 0.253 e. The van der Waals surface area contributed by atoms with Gasteiger partial charge in [0.05, 0.1) is 22.8 Å². The first-order valence-electron chi connectivity index (χ1n) is 10.0. The average Bonchev–Trinajstić information content (AvgIpc) is 3.53. The molecule has 0 saturated heterocycles. The summed E-state index contributed by atoms with van der Waals surface area (Å²) in [6.07, 6.45) is 1.96. The lowest BCUT2D eigenvalue weighted by atomic mass is 10.0. The van der Waals surface area contributed by atoms with Crippen LogP contribution < -0.4 is 10.6 Å². The van der Waals surface area contributed by atoms with Crippen molar-refractivity contribution in [3.05, 3.63) is 70.9 Å². The van der Waals surface area contributed by atoms with Gasteiger partial charge in [0.2, 0.25) is 5.91 Å². The van der Waals surface area contributed by atoms with Crippen molar-refractivity contribution in [2.45, 2.75) is 39.7 Å². The van der Waals surface area contributed by atoms with E-state index in [1.807, 2.05) is 69.3 Å². The van der Waals surface area contributed by atoms with E-state index in [0.29, 0.717) is 11.3 Å². The Labute approximate surface area is 170 Å². The molecule has 1 fully saturated rings. The van der Waals surface area contributed by atoms with Gasteiger partial charge in [0, 0.05) is 17.0 Å². The van der Waals surface area contributed by atoms with Crippen LogP contribution in [0.2, 0.25) is 0 Å². The van der Waals surface area contributed by atoms with Crippen molar-refractivity contribution in [2.24, 2.45) is 5.92 Å². The molecule has 5 nitrogen and oxygen atoms in total. The zero-order valence-electron chi connectivity index (χ0n) is 17.0. The van der Waals surface area contributed by atoms with E-state index in [-0.39, 0.29) is 23.8 Å².